The van der Waals surface area contributed by atoms with Crippen LogP contribution in [0.1, 0.15) is 30.6 Å². The zero-order valence-electron chi connectivity index (χ0n) is 13.9. The summed E-state index contributed by atoms with van der Waals surface area (Å²) < 4.78 is 32.5. The number of carboxylic acid groups (broad SMARTS) is 1. The standard InChI is InChI=1S/C16H24N2O5S/c1-4-8-18-24(21,22)15-11-13(16(19)20)6-7-14(15)17-9-5-10-23-12(2)3/h4,6-7,11-12,17-18H,1,5,8-10H2,2-3H3,(H,19,20). The molecule has 0 spiro atoms. The van der Waals surface area contributed by atoms with Crippen LogP contribution in [-0.2, 0) is 14.8 Å². The molecule has 0 radical (unpaired) electrons. The van der Waals surface area contributed by atoms with Crippen molar-refractivity contribution in [3.63, 3.8) is 0 Å². The minimum Gasteiger partial charge on any atom is -0.478 e. The van der Waals surface area contributed by atoms with Crippen LogP contribution in [0, 0.1) is 0 Å². The van der Waals surface area contributed by atoms with Crippen LogP contribution in [0.4, 0.5) is 5.69 Å². The van der Waals surface area contributed by atoms with E-state index >= 15 is 0 Å². The maximum Gasteiger partial charge on any atom is 0.335 e. The maximum atomic E-state index is 12.3. The van der Waals surface area contributed by atoms with E-state index in [2.05, 4.69) is 16.6 Å². The predicted molar refractivity (Wildman–Crippen MR) is 93.0 cm³/mol. The summed E-state index contributed by atoms with van der Waals surface area (Å²) >= 11 is 0. The molecule has 0 fully saturated rings. The molecule has 24 heavy (non-hydrogen) atoms. The fraction of sp³-hybridized carbons (Fsp3) is 0.438. The first-order valence-electron chi connectivity index (χ1n) is 7.61. The Kier molecular flexibility index (Phi) is 7.90. The number of carboxylic acids is 1. The molecule has 1 aromatic rings. The number of carbonyl (C=O) groups is 1. The number of rotatable bonds is 11. The molecule has 0 saturated heterocycles. The van der Waals surface area contributed by atoms with E-state index in [0.29, 0.717) is 25.3 Å². The van der Waals surface area contributed by atoms with Crippen LogP contribution in [0.3, 0.4) is 0 Å². The SMILES string of the molecule is C=CCNS(=O)(=O)c1cc(C(=O)O)ccc1NCCCOC(C)C. The van der Waals surface area contributed by atoms with Crippen LogP contribution in [0.15, 0.2) is 35.7 Å². The van der Waals surface area contributed by atoms with Gasteiger partial charge in [-0.25, -0.2) is 17.9 Å². The van der Waals surface area contributed by atoms with Gasteiger partial charge in [-0.05, 0) is 38.5 Å². The Morgan fingerprint density at radius 2 is 2.12 bits per heavy atom. The first-order chi connectivity index (χ1) is 11.3. The average Bonchev–Trinajstić information content (AvgIpc) is 2.52. The van der Waals surface area contributed by atoms with Gasteiger partial charge in [0.15, 0.2) is 0 Å². The minimum absolute atomic E-state index is 0.0568. The largest absolute Gasteiger partial charge is 0.478 e. The molecular weight excluding hydrogens is 332 g/mol. The number of aromatic carboxylic acids is 1. The fourth-order valence-corrected chi connectivity index (χ4v) is 3.09. The van der Waals surface area contributed by atoms with Gasteiger partial charge >= 0.3 is 5.97 Å². The van der Waals surface area contributed by atoms with E-state index in [1.165, 1.54) is 18.2 Å². The molecule has 0 aromatic heterocycles. The van der Waals surface area contributed by atoms with Crippen molar-refractivity contribution in [2.24, 2.45) is 0 Å². The van der Waals surface area contributed by atoms with Crippen molar-refractivity contribution in [3.05, 3.63) is 36.4 Å². The molecule has 1 rings (SSSR count). The summed E-state index contributed by atoms with van der Waals surface area (Å²) in [6, 6.07) is 3.96. The van der Waals surface area contributed by atoms with Crippen molar-refractivity contribution in [1.29, 1.82) is 0 Å². The molecule has 8 heteroatoms. The molecule has 7 nitrogen and oxygen atoms in total. The van der Waals surface area contributed by atoms with E-state index in [0.717, 1.165) is 6.07 Å². The van der Waals surface area contributed by atoms with Gasteiger partial charge in [0.05, 0.1) is 17.4 Å². The van der Waals surface area contributed by atoms with Crippen LogP contribution in [0.5, 0.6) is 0 Å². The monoisotopic (exact) mass is 356 g/mol. The summed E-state index contributed by atoms with van der Waals surface area (Å²) in [7, 11) is -3.84. The highest BCUT2D eigenvalue weighted by Crippen LogP contribution is 2.23. The van der Waals surface area contributed by atoms with E-state index in [-0.39, 0.29) is 23.1 Å². The molecule has 0 aliphatic carbocycles. The average molecular weight is 356 g/mol. The summed E-state index contributed by atoms with van der Waals surface area (Å²) in [5.74, 6) is -1.19. The first-order valence-corrected chi connectivity index (χ1v) is 9.09. The predicted octanol–water partition coefficient (Wildman–Crippen LogP) is 2.08. The van der Waals surface area contributed by atoms with Crippen LogP contribution in [0.2, 0.25) is 0 Å². The Morgan fingerprint density at radius 3 is 2.71 bits per heavy atom. The third-order valence-electron chi connectivity index (χ3n) is 3.02. The highest BCUT2D eigenvalue weighted by Gasteiger charge is 2.20. The molecule has 0 bridgehead atoms. The molecule has 0 amide bonds. The van der Waals surface area contributed by atoms with Gasteiger partial charge < -0.3 is 15.2 Å². The van der Waals surface area contributed by atoms with Gasteiger partial charge in [0.2, 0.25) is 10.0 Å². The number of nitrogens with one attached hydrogen (secondary N) is 2. The van der Waals surface area contributed by atoms with Crippen molar-refractivity contribution in [2.45, 2.75) is 31.3 Å². The van der Waals surface area contributed by atoms with Crippen LogP contribution in [-0.4, -0.2) is 45.3 Å². The lowest BCUT2D eigenvalue weighted by atomic mass is 10.2. The van der Waals surface area contributed by atoms with Crippen LogP contribution in [0.25, 0.3) is 0 Å². The fourth-order valence-electron chi connectivity index (χ4n) is 1.88. The number of hydrogen-bond acceptors (Lipinski definition) is 5. The lowest BCUT2D eigenvalue weighted by molar-refractivity contribution is 0.0696. The second-order valence-corrected chi connectivity index (χ2v) is 7.09. The zero-order valence-corrected chi connectivity index (χ0v) is 14.7. The Hall–Kier alpha value is -1.90. The smallest absolute Gasteiger partial charge is 0.335 e. The van der Waals surface area contributed by atoms with Crippen molar-refractivity contribution in [2.75, 3.05) is 25.0 Å². The second kappa shape index (κ2) is 9.41. The molecule has 0 unspecified atom stereocenters. The van der Waals surface area contributed by atoms with Gasteiger partial charge in [-0.15, -0.1) is 6.58 Å². The summed E-state index contributed by atoms with van der Waals surface area (Å²) in [6.07, 6.45) is 2.24. The van der Waals surface area contributed by atoms with Gasteiger partial charge in [-0.3, -0.25) is 0 Å². The Bertz CT molecular complexity index is 671. The molecule has 0 aliphatic heterocycles. The zero-order chi connectivity index (χ0) is 18.2. The number of hydrogen-bond donors (Lipinski definition) is 3. The lowest BCUT2D eigenvalue weighted by Crippen LogP contribution is -2.25. The normalized spacial score (nSPS) is 11.5. The minimum atomic E-state index is -3.84. The highest BCUT2D eigenvalue weighted by molar-refractivity contribution is 7.89. The van der Waals surface area contributed by atoms with Gasteiger partial charge in [-0.1, -0.05) is 6.08 Å². The van der Waals surface area contributed by atoms with E-state index < -0.39 is 16.0 Å². The van der Waals surface area contributed by atoms with Gasteiger partial charge in [0.1, 0.15) is 4.90 Å². The molecule has 1 aromatic carbocycles. The van der Waals surface area contributed by atoms with Crippen molar-refractivity contribution in [3.8, 4) is 0 Å². The highest BCUT2D eigenvalue weighted by atomic mass is 32.2. The van der Waals surface area contributed by atoms with Gasteiger partial charge in [0.25, 0.3) is 0 Å². The topological polar surface area (TPSA) is 105 Å². The second-order valence-electron chi connectivity index (χ2n) is 5.36. The third-order valence-corrected chi connectivity index (χ3v) is 4.49. The third kappa shape index (κ3) is 6.31. The molecule has 3 N–H and O–H groups in total. The molecular formula is C16H24N2O5S. The van der Waals surface area contributed by atoms with E-state index in [1.807, 2.05) is 13.8 Å². The Morgan fingerprint density at radius 1 is 1.42 bits per heavy atom. The quantitative estimate of drug-likeness (QED) is 0.414. The molecule has 0 atom stereocenters. The Balaban J connectivity index is 2.94. The lowest BCUT2D eigenvalue weighted by Gasteiger charge is -2.14. The number of anilines is 1. The summed E-state index contributed by atoms with van der Waals surface area (Å²) in [5, 5.41) is 12.1. The summed E-state index contributed by atoms with van der Waals surface area (Å²) in [6.45, 7) is 8.45. The molecule has 0 aliphatic rings. The summed E-state index contributed by atoms with van der Waals surface area (Å²) in [4.78, 5) is 11.0. The van der Waals surface area contributed by atoms with Crippen molar-refractivity contribution in [1.82, 2.24) is 4.72 Å². The number of ether oxygens (including phenoxy) is 1. The maximum absolute atomic E-state index is 12.3. The molecule has 134 valence electrons. The summed E-state index contributed by atoms with van der Waals surface area (Å²) in [5.41, 5.74) is 0.253. The molecule has 0 saturated carbocycles. The number of benzene rings is 1. The van der Waals surface area contributed by atoms with E-state index in [9.17, 15) is 13.2 Å². The molecule has 0 heterocycles. The van der Waals surface area contributed by atoms with Crippen molar-refractivity contribution < 1.29 is 23.1 Å². The van der Waals surface area contributed by atoms with Crippen LogP contribution >= 0.6 is 0 Å². The van der Waals surface area contributed by atoms with E-state index in [1.54, 1.807) is 0 Å². The van der Waals surface area contributed by atoms with E-state index in [4.69, 9.17) is 9.84 Å². The van der Waals surface area contributed by atoms with Gasteiger partial charge in [-0.2, -0.15) is 0 Å². The van der Waals surface area contributed by atoms with Crippen molar-refractivity contribution >= 4 is 21.7 Å². The van der Waals surface area contributed by atoms with Gasteiger partial charge in [0, 0.05) is 19.7 Å². The first kappa shape index (κ1) is 20.1. The van der Waals surface area contributed by atoms with Crippen LogP contribution < -0.4 is 10.0 Å². The Labute approximate surface area is 142 Å². The number of sulfonamides is 1.